The number of hydrogen-bond donors (Lipinski definition) is 1. The second-order valence-corrected chi connectivity index (χ2v) is 6.48. The fourth-order valence-electron chi connectivity index (χ4n) is 2.57. The zero-order valence-corrected chi connectivity index (χ0v) is 16.3. The number of anilines is 2. The van der Waals surface area contributed by atoms with Crippen LogP contribution in [0.2, 0.25) is 0 Å². The molecule has 0 aromatic heterocycles. The first-order valence-corrected chi connectivity index (χ1v) is 9.29. The Morgan fingerprint density at radius 3 is 2.29 bits per heavy atom. The highest BCUT2D eigenvalue weighted by molar-refractivity contribution is 5.94. The summed E-state index contributed by atoms with van der Waals surface area (Å²) in [5.41, 5.74) is 2.56. The van der Waals surface area contributed by atoms with Crippen molar-refractivity contribution in [1.29, 1.82) is 0 Å². The fourth-order valence-corrected chi connectivity index (χ4v) is 2.57. The molecular formula is C22H26N2O4. The van der Waals surface area contributed by atoms with Gasteiger partial charge in [0.1, 0.15) is 0 Å². The molecule has 6 heteroatoms. The molecular weight excluding hydrogens is 356 g/mol. The van der Waals surface area contributed by atoms with E-state index in [1.807, 2.05) is 30.3 Å². The number of benzene rings is 2. The third-order valence-electron chi connectivity index (χ3n) is 4.28. The molecule has 0 spiro atoms. The Labute approximate surface area is 165 Å². The van der Waals surface area contributed by atoms with E-state index in [1.165, 1.54) is 17.4 Å². The molecule has 0 atom stereocenters. The van der Waals surface area contributed by atoms with Crippen molar-refractivity contribution in [2.45, 2.75) is 32.6 Å². The van der Waals surface area contributed by atoms with Gasteiger partial charge in [-0.25, -0.2) is 0 Å². The van der Waals surface area contributed by atoms with E-state index in [9.17, 15) is 14.4 Å². The molecule has 0 saturated heterocycles. The van der Waals surface area contributed by atoms with E-state index in [4.69, 9.17) is 4.74 Å². The lowest BCUT2D eigenvalue weighted by molar-refractivity contribution is -0.144. The van der Waals surface area contributed by atoms with E-state index in [2.05, 4.69) is 5.32 Å². The maximum atomic E-state index is 12.0. The van der Waals surface area contributed by atoms with Crippen molar-refractivity contribution in [3.8, 4) is 0 Å². The third kappa shape index (κ3) is 7.23. The van der Waals surface area contributed by atoms with Gasteiger partial charge < -0.3 is 15.0 Å². The van der Waals surface area contributed by atoms with Gasteiger partial charge in [0.2, 0.25) is 11.8 Å². The predicted molar refractivity (Wildman–Crippen MR) is 109 cm³/mol. The van der Waals surface area contributed by atoms with Crippen LogP contribution >= 0.6 is 0 Å². The molecule has 0 aliphatic carbocycles. The number of hydrogen-bond acceptors (Lipinski definition) is 4. The van der Waals surface area contributed by atoms with Crippen LogP contribution in [0.3, 0.4) is 0 Å². The van der Waals surface area contributed by atoms with E-state index in [0.717, 1.165) is 18.5 Å². The number of esters is 1. The summed E-state index contributed by atoms with van der Waals surface area (Å²) in [4.78, 5) is 36.6. The smallest absolute Gasteiger partial charge is 0.306 e. The van der Waals surface area contributed by atoms with Crippen molar-refractivity contribution in [1.82, 2.24) is 0 Å². The standard InChI is InChI=1S/C22H26N2O4/c1-17(25)24(2)20-12-10-19(11-13-20)23-21(26)14-15-22(27)28-16-6-9-18-7-4-3-5-8-18/h3-5,7-8,10-13H,6,9,14-16H2,1-2H3,(H,23,26). The lowest BCUT2D eigenvalue weighted by Gasteiger charge is -2.15. The summed E-state index contributed by atoms with van der Waals surface area (Å²) >= 11 is 0. The van der Waals surface area contributed by atoms with Crippen LogP contribution in [0.1, 0.15) is 31.7 Å². The van der Waals surface area contributed by atoms with Gasteiger partial charge in [0.25, 0.3) is 0 Å². The Kier molecular flexibility index (Phi) is 8.21. The molecule has 0 fully saturated rings. The number of amides is 2. The van der Waals surface area contributed by atoms with E-state index in [0.29, 0.717) is 12.3 Å². The number of carbonyl (C=O) groups is 3. The molecule has 0 saturated carbocycles. The van der Waals surface area contributed by atoms with Gasteiger partial charge in [-0.3, -0.25) is 14.4 Å². The first-order chi connectivity index (χ1) is 13.5. The van der Waals surface area contributed by atoms with Gasteiger partial charge in [0.15, 0.2) is 0 Å². The van der Waals surface area contributed by atoms with Crippen molar-refractivity contribution >= 4 is 29.2 Å². The molecule has 0 bridgehead atoms. The normalized spacial score (nSPS) is 10.2. The lowest BCUT2D eigenvalue weighted by atomic mass is 10.1. The van der Waals surface area contributed by atoms with Crippen molar-refractivity contribution in [2.75, 3.05) is 23.9 Å². The van der Waals surface area contributed by atoms with Crippen molar-refractivity contribution < 1.29 is 19.1 Å². The highest BCUT2D eigenvalue weighted by Gasteiger charge is 2.09. The molecule has 0 unspecified atom stereocenters. The zero-order valence-electron chi connectivity index (χ0n) is 16.3. The number of nitrogens with one attached hydrogen (secondary N) is 1. The van der Waals surface area contributed by atoms with Gasteiger partial charge in [-0.1, -0.05) is 30.3 Å². The van der Waals surface area contributed by atoms with Crippen molar-refractivity contribution in [2.24, 2.45) is 0 Å². The maximum absolute atomic E-state index is 12.0. The summed E-state index contributed by atoms with van der Waals surface area (Å²) in [5.74, 6) is -0.699. The first kappa shape index (κ1) is 21.2. The van der Waals surface area contributed by atoms with E-state index in [1.54, 1.807) is 31.3 Å². The summed E-state index contributed by atoms with van der Waals surface area (Å²) in [7, 11) is 1.68. The Bertz CT molecular complexity index is 788. The Morgan fingerprint density at radius 1 is 0.964 bits per heavy atom. The van der Waals surface area contributed by atoms with Gasteiger partial charge >= 0.3 is 5.97 Å². The summed E-state index contributed by atoms with van der Waals surface area (Å²) in [6.45, 7) is 1.83. The second-order valence-electron chi connectivity index (χ2n) is 6.48. The van der Waals surface area contributed by atoms with Crippen molar-refractivity contribution in [3.63, 3.8) is 0 Å². The minimum absolute atomic E-state index is 0.0440. The highest BCUT2D eigenvalue weighted by Crippen LogP contribution is 2.17. The van der Waals surface area contributed by atoms with Crippen LogP contribution in [-0.2, 0) is 25.5 Å². The molecule has 28 heavy (non-hydrogen) atoms. The van der Waals surface area contributed by atoms with Crippen LogP contribution in [0.4, 0.5) is 11.4 Å². The second kappa shape index (κ2) is 10.9. The minimum Gasteiger partial charge on any atom is -0.466 e. The molecule has 6 nitrogen and oxygen atoms in total. The monoisotopic (exact) mass is 382 g/mol. The average molecular weight is 382 g/mol. The number of ether oxygens (including phenoxy) is 1. The van der Waals surface area contributed by atoms with Gasteiger partial charge in [0.05, 0.1) is 13.0 Å². The minimum atomic E-state index is -0.373. The van der Waals surface area contributed by atoms with Gasteiger partial charge in [0, 0.05) is 31.8 Å². The Morgan fingerprint density at radius 2 is 1.64 bits per heavy atom. The van der Waals surface area contributed by atoms with E-state index < -0.39 is 0 Å². The first-order valence-electron chi connectivity index (χ1n) is 9.29. The van der Waals surface area contributed by atoms with Crippen molar-refractivity contribution in [3.05, 3.63) is 60.2 Å². The largest absolute Gasteiger partial charge is 0.466 e. The molecule has 0 aliphatic heterocycles. The van der Waals surface area contributed by atoms with Crippen LogP contribution in [0.15, 0.2) is 54.6 Å². The predicted octanol–water partition coefficient (Wildman–Crippen LogP) is 3.56. The quantitative estimate of drug-likeness (QED) is 0.531. The third-order valence-corrected chi connectivity index (χ3v) is 4.28. The van der Waals surface area contributed by atoms with Gasteiger partial charge in [-0.05, 0) is 42.7 Å². The average Bonchev–Trinajstić information content (AvgIpc) is 2.70. The molecule has 0 aliphatic rings. The van der Waals surface area contributed by atoms with Crippen LogP contribution in [-0.4, -0.2) is 31.4 Å². The number of aryl methyl sites for hydroxylation is 1. The molecule has 2 aromatic rings. The van der Waals surface area contributed by atoms with Gasteiger partial charge in [-0.15, -0.1) is 0 Å². The van der Waals surface area contributed by atoms with Crippen LogP contribution < -0.4 is 10.2 Å². The fraction of sp³-hybridized carbons (Fsp3) is 0.318. The van der Waals surface area contributed by atoms with Crippen LogP contribution in [0.25, 0.3) is 0 Å². The molecule has 2 rings (SSSR count). The maximum Gasteiger partial charge on any atom is 0.306 e. The Balaban J connectivity index is 1.64. The van der Waals surface area contributed by atoms with Crippen LogP contribution in [0.5, 0.6) is 0 Å². The molecule has 148 valence electrons. The van der Waals surface area contributed by atoms with E-state index >= 15 is 0 Å². The SMILES string of the molecule is CC(=O)N(C)c1ccc(NC(=O)CCC(=O)OCCCc2ccccc2)cc1. The molecule has 1 N–H and O–H groups in total. The van der Waals surface area contributed by atoms with Gasteiger partial charge in [-0.2, -0.15) is 0 Å². The zero-order chi connectivity index (χ0) is 20.4. The summed E-state index contributed by atoms with van der Waals surface area (Å²) < 4.78 is 5.17. The summed E-state index contributed by atoms with van der Waals surface area (Å²) in [6, 6.07) is 16.9. The summed E-state index contributed by atoms with van der Waals surface area (Å²) in [5, 5.41) is 2.73. The van der Waals surface area contributed by atoms with E-state index in [-0.39, 0.29) is 30.6 Å². The lowest BCUT2D eigenvalue weighted by Crippen LogP contribution is -2.22. The van der Waals surface area contributed by atoms with Crippen LogP contribution in [0, 0.1) is 0 Å². The molecule has 0 heterocycles. The summed E-state index contributed by atoms with van der Waals surface area (Å²) in [6.07, 6.45) is 1.71. The number of carbonyl (C=O) groups excluding carboxylic acids is 3. The number of nitrogens with zero attached hydrogens (tertiary/aromatic N) is 1. The number of rotatable bonds is 9. The molecule has 0 radical (unpaired) electrons. The molecule has 2 aromatic carbocycles. The topological polar surface area (TPSA) is 75.7 Å². The Hall–Kier alpha value is -3.15. The molecule has 2 amide bonds. The highest BCUT2D eigenvalue weighted by atomic mass is 16.5.